The van der Waals surface area contributed by atoms with Gasteiger partial charge in [-0.15, -0.1) is 0 Å². The van der Waals surface area contributed by atoms with Gasteiger partial charge >= 0.3 is 11.9 Å². The highest BCUT2D eigenvalue weighted by Crippen LogP contribution is 2.14. The number of rotatable bonds is 47. The standard InChI is InChI=1S/C58H99NO7/c1-6-8-10-12-14-16-18-20-22-24-26-28-29-31-32-34-36-38-40-42-44-46-48-56(60)65-53-54(52-64-51-50-55(58(62)63)59(3,4)5)66-57(61)49-47-45-43-41-39-37-35-33-30-27-25-23-21-19-17-15-13-11-9-7-2/h8,10,14,16,20,22,26-28,30-32,36,38,54-55H,6-7,9,11-13,15,17-19,21,23-25,29,33-35,37,39-53H2,1-5H3/b10-8+,16-14+,22-20+,28-26+,30-27+,32-31+,38-36+. The van der Waals surface area contributed by atoms with Gasteiger partial charge in [0.25, 0.3) is 0 Å². The van der Waals surface area contributed by atoms with E-state index in [9.17, 15) is 19.5 Å². The second-order valence-corrected chi connectivity index (χ2v) is 18.7. The first kappa shape index (κ1) is 62.5. The monoisotopic (exact) mass is 922 g/mol. The SMILES string of the molecule is CC/C=C/C/C=C/C/C=C/C/C=C/C/C=C/C/C=C/CCCCCC(=O)OCC(COCCC(C(=O)[O-])[N+](C)(C)C)OC(=O)CCCCCCCCC/C=C/CCCCCCCCCCC. The maximum atomic E-state index is 12.8. The van der Waals surface area contributed by atoms with Gasteiger partial charge in [-0.25, -0.2) is 0 Å². The molecule has 8 heteroatoms. The Morgan fingerprint density at radius 3 is 1.29 bits per heavy atom. The van der Waals surface area contributed by atoms with E-state index in [4.69, 9.17) is 14.2 Å². The largest absolute Gasteiger partial charge is 0.544 e. The summed E-state index contributed by atoms with van der Waals surface area (Å²) in [6.07, 6.45) is 63.3. The van der Waals surface area contributed by atoms with Gasteiger partial charge in [0.15, 0.2) is 6.10 Å². The van der Waals surface area contributed by atoms with Crippen molar-refractivity contribution < 1.29 is 38.2 Å². The molecule has 0 aromatic heterocycles. The van der Waals surface area contributed by atoms with Crippen LogP contribution in [-0.2, 0) is 28.6 Å². The summed E-state index contributed by atoms with van der Waals surface area (Å²) >= 11 is 0. The molecule has 2 atom stereocenters. The summed E-state index contributed by atoms with van der Waals surface area (Å²) < 4.78 is 17.2. The number of carbonyl (C=O) groups is 3. The molecule has 0 heterocycles. The third-order valence-corrected chi connectivity index (χ3v) is 11.5. The molecule has 0 radical (unpaired) electrons. The smallest absolute Gasteiger partial charge is 0.306 e. The molecular weight excluding hydrogens is 823 g/mol. The highest BCUT2D eigenvalue weighted by atomic mass is 16.6. The highest BCUT2D eigenvalue weighted by Gasteiger charge is 2.25. The molecule has 0 saturated carbocycles. The lowest BCUT2D eigenvalue weighted by molar-refractivity contribution is -0.889. The van der Waals surface area contributed by atoms with Gasteiger partial charge < -0.3 is 28.6 Å². The average Bonchev–Trinajstić information content (AvgIpc) is 3.28. The molecule has 0 aromatic carbocycles. The fraction of sp³-hybridized carbons (Fsp3) is 0.707. The number of ether oxygens (including phenoxy) is 3. The van der Waals surface area contributed by atoms with Gasteiger partial charge in [0.05, 0.1) is 40.3 Å². The van der Waals surface area contributed by atoms with E-state index in [1.807, 2.05) is 0 Å². The summed E-state index contributed by atoms with van der Waals surface area (Å²) in [6, 6.07) is -0.737. The van der Waals surface area contributed by atoms with Crippen molar-refractivity contribution in [2.45, 2.75) is 225 Å². The number of likely N-dealkylation sites (N-methyl/N-ethyl adjacent to an activating group) is 1. The van der Waals surface area contributed by atoms with Crippen molar-refractivity contribution in [3.63, 3.8) is 0 Å². The Hall–Kier alpha value is -3.49. The summed E-state index contributed by atoms with van der Waals surface area (Å²) in [5, 5.41) is 11.7. The molecule has 0 spiro atoms. The van der Waals surface area contributed by atoms with Crippen LogP contribution in [0.1, 0.15) is 213 Å². The van der Waals surface area contributed by atoms with E-state index in [0.717, 1.165) is 83.5 Å². The number of unbranched alkanes of at least 4 members (excludes halogenated alkanes) is 19. The molecular formula is C58H99NO7. The van der Waals surface area contributed by atoms with Gasteiger partial charge in [0.1, 0.15) is 12.6 Å². The number of quaternary nitrogens is 1. The van der Waals surface area contributed by atoms with Crippen LogP contribution in [0, 0.1) is 0 Å². The van der Waals surface area contributed by atoms with Gasteiger partial charge in [-0.2, -0.15) is 0 Å². The molecule has 0 aliphatic heterocycles. The minimum atomic E-state index is -1.13. The molecule has 0 bridgehead atoms. The zero-order chi connectivity index (χ0) is 48.4. The summed E-state index contributed by atoms with van der Waals surface area (Å²) in [6.45, 7) is 4.52. The van der Waals surface area contributed by atoms with Gasteiger partial charge in [-0.3, -0.25) is 9.59 Å². The molecule has 0 aliphatic carbocycles. The first-order valence-corrected chi connectivity index (χ1v) is 26.6. The third kappa shape index (κ3) is 45.7. The van der Waals surface area contributed by atoms with Crippen molar-refractivity contribution in [2.75, 3.05) is 41.0 Å². The summed E-state index contributed by atoms with van der Waals surface area (Å²) in [7, 11) is 5.40. The van der Waals surface area contributed by atoms with Gasteiger partial charge in [-0.05, 0) is 89.9 Å². The fourth-order valence-electron chi connectivity index (χ4n) is 7.42. The second-order valence-electron chi connectivity index (χ2n) is 18.7. The Kier molecular flexibility index (Phi) is 45.4. The number of aliphatic carboxylic acids is 1. The van der Waals surface area contributed by atoms with Gasteiger partial charge in [-0.1, -0.05) is 189 Å². The normalized spacial score (nSPS) is 13.5. The van der Waals surface area contributed by atoms with Crippen molar-refractivity contribution in [3.05, 3.63) is 85.1 Å². The molecule has 0 aliphatic rings. The van der Waals surface area contributed by atoms with E-state index in [-0.39, 0.29) is 42.7 Å². The maximum absolute atomic E-state index is 12.8. The Balaban J connectivity index is 4.32. The first-order chi connectivity index (χ1) is 32.1. The summed E-state index contributed by atoms with van der Waals surface area (Å²) in [5.41, 5.74) is 0. The van der Waals surface area contributed by atoms with Crippen molar-refractivity contribution >= 4 is 17.9 Å². The number of hydrogen-bond acceptors (Lipinski definition) is 7. The predicted molar refractivity (Wildman–Crippen MR) is 277 cm³/mol. The summed E-state index contributed by atoms with van der Waals surface area (Å²) in [5.74, 6) is -1.79. The molecule has 8 nitrogen and oxygen atoms in total. The maximum Gasteiger partial charge on any atom is 0.306 e. The van der Waals surface area contributed by atoms with Crippen LogP contribution in [0.4, 0.5) is 0 Å². The lowest BCUT2D eigenvalue weighted by Crippen LogP contribution is -2.55. The number of carboxylic acids is 1. The van der Waals surface area contributed by atoms with E-state index in [1.165, 1.54) is 96.3 Å². The average molecular weight is 922 g/mol. The molecule has 0 amide bonds. The lowest BCUT2D eigenvalue weighted by Gasteiger charge is -2.34. The van der Waals surface area contributed by atoms with Crippen LogP contribution in [0.3, 0.4) is 0 Å². The number of allylic oxidation sites excluding steroid dienone is 14. The van der Waals surface area contributed by atoms with Crippen LogP contribution < -0.4 is 5.11 Å². The molecule has 0 saturated heterocycles. The fourth-order valence-corrected chi connectivity index (χ4v) is 7.42. The van der Waals surface area contributed by atoms with Crippen LogP contribution in [-0.4, -0.2) is 75.5 Å². The quantitative estimate of drug-likeness (QED) is 0.0259. The second kappa shape index (κ2) is 48.0. The minimum absolute atomic E-state index is 0.0241. The van der Waals surface area contributed by atoms with E-state index < -0.39 is 18.1 Å². The van der Waals surface area contributed by atoms with Gasteiger partial charge in [0.2, 0.25) is 0 Å². The van der Waals surface area contributed by atoms with E-state index in [2.05, 4.69) is 98.9 Å². The van der Waals surface area contributed by atoms with Crippen LogP contribution in [0.2, 0.25) is 0 Å². The molecule has 2 unspecified atom stereocenters. The van der Waals surface area contributed by atoms with Crippen LogP contribution >= 0.6 is 0 Å². The number of esters is 2. The number of carbonyl (C=O) groups excluding carboxylic acids is 3. The van der Waals surface area contributed by atoms with Crippen LogP contribution in [0.15, 0.2) is 85.1 Å². The van der Waals surface area contributed by atoms with E-state index in [0.29, 0.717) is 12.8 Å². The number of hydrogen-bond donors (Lipinski definition) is 0. The topological polar surface area (TPSA) is 102 Å². The minimum Gasteiger partial charge on any atom is -0.544 e. The van der Waals surface area contributed by atoms with Gasteiger partial charge in [0, 0.05) is 19.3 Å². The molecule has 378 valence electrons. The van der Waals surface area contributed by atoms with Crippen molar-refractivity contribution in [2.24, 2.45) is 0 Å². The first-order valence-electron chi connectivity index (χ1n) is 26.6. The number of carboxylic acid groups (broad SMARTS) is 1. The highest BCUT2D eigenvalue weighted by molar-refractivity contribution is 5.70. The van der Waals surface area contributed by atoms with Crippen molar-refractivity contribution in [1.29, 1.82) is 0 Å². The third-order valence-electron chi connectivity index (χ3n) is 11.5. The van der Waals surface area contributed by atoms with Crippen molar-refractivity contribution in [1.82, 2.24) is 0 Å². The van der Waals surface area contributed by atoms with E-state index >= 15 is 0 Å². The number of nitrogens with zero attached hydrogens (tertiary/aromatic N) is 1. The lowest BCUT2D eigenvalue weighted by atomic mass is 10.1. The van der Waals surface area contributed by atoms with Crippen LogP contribution in [0.25, 0.3) is 0 Å². The molecule has 0 rings (SSSR count). The molecule has 0 aromatic rings. The zero-order valence-corrected chi connectivity index (χ0v) is 43.1. The van der Waals surface area contributed by atoms with Crippen LogP contribution in [0.5, 0.6) is 0 Å². The zero-order valence-electron chi connectivity index (χ0n) is 43.1. The molecule has 0 N–H and O–H groups in total. The Labute approximate surface area is 405 Å². The Morgan fingerprint density at radius 2 is 0.848 bits per heavy atom. The Morgan fingerprint density at radius 1 is 0.470 bits per heavy atom. The predicted octanol–water partition coefficient (Wildman–Crippen LogP) is 14.3. The molecule has 66 heavy (non-hydrogen) atoms. The molecule has 0 fully saturated rings. The van der Waals surface area contributed by atoms with E-state index in [1.54, 1.807) is 21.1 Å². The summed E-state index contributed by atoms with van der Waals surface area (Å²) in [4.78, 5) is 37.1. The van der Waals surface area contributed by atoms with Crippen molar-refractivity contribution in [3.8, 4) is 0 Å². The Bertz CT molecular complexity index is 1350.